The Morgan fingerprint density at radius 3 is 2.33 bits per heavy atom. The molecule has 178 valence electrons. The Hall–Kier alpha value is -2.82. The summed E-state index contributed by atoms with van der Waals surface area (Å²) < 4.78 is 5.98. The smallest absolute Gasteiger partial charge is 0.261 e. The second-order valence-electron chi connectivity index (χ2n) is 9.26. The molecule has 1 N–H and O–H groups in total. The van der Waals surface area contributed by atoms with E-state index in [0.717, 1.165) is 42.6 Å². The number of hydrogen-bond acceptors (Lipinski definition) is 3. The van der Waals surface area contributed by atoms with Gasteiger partial charge in [0.15, 0.2) is 6.61 Å². The molecule has 33 heavy (non-hydrogen) atoms. The van der Waals surface area contributed by atoms with Gasteiger partial charge in [-0.2, -0.15) is 0 Å². The number of amides is 2. The lowest BCUT2D eigenvalue weighted by molar-refractivity contribution is -0.143. The van der Waals surface area contributed by atoms with Crippen LogP contribution < -0.4 is 10.1 Å². The standard InChI is InChI=1S/C28H38N2O3/c1-4-25(28(32)29-23-15-9-6-10-16-23)30(19-22-13-7-5-8-14-22)27(31)20-33-26-18-12-11-17-24(26)21(2)3/h5,7-8,11-14,17-18,21,23,25H,4,6,9-10,15-16,19-20H2,1-3H3,(H,29,32). The predicted molar refractivity (Wildman–Crippen MR) is 132 cm³/mol. The van der Waals surface area contributed by atoms with Crippen LogP contribution in [0, 0.1) is 0 Å². The van der Waals surface area contributed by atoms with E-state index in [1.165, 1.54) is 6.42 Å². The number of carbonyl (C=O) groups excluding carboxylic acids is 2. The van der Waals surface area contributed by atoms with Crippen molar-refractivity contribution in [1.82, 2.24) is 10.2 Å². The van der Waals surface area contributed by atoms with Crippen molar-refractivity contribution in [3.8, 4) is 5.75 Å². The molecule has 1 unspecified atom stereocenters. The zero-order valence-electron chi connectivity index (χ0n) is 20.3. The first-order valence-electron chi connectivity index (χ1n) is 12.3. The Morgan fingerprint density at radius 2 is 1.67 bits per heavy atom. The lowest BCUT2D eigenvalue weighted by Crippen LogP contribution is -2.52. The molecule has 1 atom stereocenters. The summed E-state index contributed by atoms with van der Waals surface area (Å²) in [6.07, 6.45) is 6.12. The molecule has 3 rings (SSSR count). The second kappa shape index (κ2) is 12.4. The topological polar surface area (TPSA) is 58.6 Å². The predicted octanol–water partition coefficient (Wildman–Crippen LogP) is 5.45. The maximum atomic E-state index is 13.4. The van der Waals surface area contributed by atoms with Gasteiger partial charge in [0.1, 0.15) is 11.8 Å². The van der Waals surface area contributed by atoms with E-state index in [1.54, 1.807) is 4.90 Å². The van der Waals surface area contributed by atoms with Crippen LogP contribution in [0.15, 0.2) is 54.6 Å². The third kappa shape index (κ3) is 7.08. The molecule has 0 aliphatic heterocycles. The summed E-state index contributed by atoms with van der Waals surface area (Å²) >= 11 is 0. The molecule has 1 fully saturated rings. The van der Waals surface area contributed by atoms with E-state index in [4.69, 9.17) is 4.74 Å². The fourth-order valence-corrected chi connectivity index (χ4v) is 4.56. The summed E-state index contributed by atoms with van der Waals surface area (Å²) in [6.45, 7) is 6.46. The molecule has 0 radical (unpaired) electrons. The SMILES string of the molecule is CCC(C(=O)NC1CCCCC1)N(Cc1ccccc1)C(=O)COc1ccccc1C(C)C. The molecule has 0 saturated heterocycles. The molecule has 2 amide bonds. The Kier molecular flexibility index (Phi) is 9.35. The van der Waals surface area contributed by atoms with E-state index >= 15 is 0 Å². The van der Waals surface area contributed by atoms with Gasteiger partial charge >= 0.3 is 0 Å². The zero-order chi connectivity index (χ0) is 23.6. The average Bonchev–Trinajstić information content (AvgIpc) is 2.83. The van der Waals surface area contributed by atoms with Crippen LogP contribution in [0.1, 0.15) is 76.3 Å². The van der Waals surface area contributed by atoms with Crippen molar-refractivity contribution >= 4 is 11.8 Å². The normalized spacial score (nSPS) is 15.2. The molecule has 5 heteroatoms. The number of hydrogen-bond donors (Lipinski definition) is 1. The van der Waals surface area contributed by atoms with E-state index < -0.39 is 6.04 Å². The summed E-state index contributed by atoms with van der Waals surface area (Å²) in [7, 11) is 0. The molecular weight excluding hydrogens is 412 g/mol. The zero-order valence-corrected chi connectivity index (χ0v) is 20.3. The van der Waals surface area contributed by atoms with Gasteiger partial charge in [0.2, 0.25) is 5.91 Å². The average molecular weight is 451 g/mol. The van der Waals surface area contributed by atoms with E-state index in [0.29, 0.717) is 18.9 Å². The minimum absolute atomic E-state index is 0.0590. The highest BCUT2D eigenvalue weighted by Crippen LogP contribution is 2.26. The van der Waals surface area contributed by atoms with Gasteiger partial charge in [0.05, 0.1) is 0 Å². The first-order valence-corrected chi connectivity index (χ1v) is 12.3. The second-order valence-corrected chi connectivity index (χ2v) is 9.26. The summed E-state index contributed by atoms with van der Waals surface area (Å²) in [5.41, 5.74) is 2.07. The minimum Gasteiger partial charge on any atom is -0.483 e. The quantitative estimate of drug-likeness (QED) is 0.524. The van der Waals surface area contributed by atoms with Gasteiger partial charge in [-0.25, -0.2) is 0 Å². The lowest BCUT2D eigenvalue weighted by atomic mass is 9.95. The molecule has 2 aromatic carbocycles. The summed E-state index contributed by atoms with van der Waals surface area (Å²) in [5, 5.41) is 3.22. The largest absolute Gasteiger partial charge is 0.483 e. The van der Waals surface area contributed by atoms with Gasteiger partial charge in [-0.15, -0.1) is 0 Å². The fraction of sp³-hybridized carbons (Fsp3) is 0.500. The van der Waals surface area contributed by atoms with Crippen molar-refractivity contribution in [3.63, 3.8) is 0 Å². The maximum absolute atomic E-state index is 13.4. The number of benzene rings is 2. The van der Waals surface area contributed by atoms with Crippen LogP contribution in [0.4, 0.5) is 0 Å². The van der Waals surface area contributed by atoms with Crippen LogP contribution in [-0.2, 0) is 16.1 Å². The molecular formula is C28H38N2O3. The highest BCUT2D eigenvalue weighted by atomic mass is 16.5. The molecule has 5 nitrogen and oxygen atoms in total. The molecule has 1 saturated carbocycles. The van der Waals surface area contributed by atoms with Gasteiger partial charge in [-0.1, -0.05) is 88.6 Å². The van der Waals surface area contributed by atoms with Crippen molar-refractivity contribution < 1.29 is 14.3 Å². The van der Waals surface area contributed by atoms with Crippen molar-refractivity contribution in [2.24, 2.45) is 0 Å². The summed E-state index contributed by atoms with van der Waals surface area (Å²) in [6, 6.07) is 17.3. The monoisotopic (exact) mass is 450 g/mol. The molecule has 1 aliphatic carbocycles. The Morgan fingerprint density at radius 1 is 1.00 bits per heavy atom. The number of nitrogens with one attached hydrogen (secondary N) is 1. The molecule has 0 spiro atoms. The Bertz CT molecular complexity index is 891. The van der Waals surface area contributed by atoms with E-state index in [2.05, 4.69) is 19.2 Å². The number of ether oxygens (including phenoxy) is 1. The Labute approximate surface area is 198 Å². The van der Waals surface area contributed by atoms with E-state index in [1.807, 2.05) is 61.5 Å². The number of para-hydroxylation sites is 1. The van der Waals surface area contributed by atoms with Crippen LogP contribution in [0.3, 0.4) is 0 Å². The van der Waals surface area contributed by atoms with Crippen LogP contribution in [-0.4, -0.2) is 35.4 Å². The van der Waals surface area contributed by atoms with Crippen LogP contribution in [0.5, 0.6) is 5.75 Å². The van der Waals surface area contributed by atoms with Gasteiger partial charge in [0.25, 0.3) is 5.91 Å². The lowest BCUT2D eigenvalue weighted by Gasteiger charge is -2.32. The highest BCUT2D eigenvalue weighted by molar-refractivity contribution is 5.88. The number of carbonyl (C=O) groups is 2. The molecule has 0 aromatic heterocycles. The van der Waals surface area contributed by atoms with Crippen molar-refractivity contribution in [3.05, 3.63) is 65.7 Å². The summed E-state index contributed by atoms with van der Waals surface area (Å²) in [5.74, 6) is 0.779. The van der Waals surface area contributed by atoms with E-state index in [-0.39, 0.29) is 24.5 Å². The fourth-order valence-electron chi connectivity index (χ4n) is 4.56. The van der Waals surface area contributed by atoms with E-state index in [9.17, 15) is 9.59 Å². The van der Waals surface area contributed by atoms with Crippen LogP contribution >= 0.6 is 0 Å². The third-order valence-electron chi connectivity index (χ3n) is 6.43. The third-order valence-corrected chi connectivity index (χ3v) is 6.43. The van der Waals surface area contributed by atoms with Crippen molar-refractivity contribution in [2.45, 2.75) is 83.8 Å². The molecule has 2 aromatic rings. The first-order chi connectivity index (χ1) is 16.0. The van der Waals surface area contributed by atoms with Gasteiger partial charge in [0, 0.05) is 12.6 Å². The highest BCUT2D eigenvalue weighted by Gasteiger charge is 2.30. The number of nitrogens with zero attached hydrogens (tertiary/aromatic N) is 1. The van der Waals surface area contributed by atoms with Gasteiger partial charge in [-0.05, 0) is 42.4 Å². The van der Waals surface area contributed by atoms with Crippen LogP contribution in [0.25, 0.3) is 0 Å². The van der Waals surface area contributed by atoms with Crippen molar-refractivity contribution in [1.29, 1.82) is 0 Å². The summed E-state index contributed by atoms with van der Waals surface area (Å²) in [4.78, 5) is 28.4. The first kappa shape index (κ1) is 24.8. The minimum atomic E-state index is -0.524. The number of rotatable bonds is 10. The molecule has 0 bridgehead atoms. The van der Waals surface area contributed by atoms with Crippen LogP contribution in [0.2, 0.25) is 0 Å². The van der Waals surface area contributed by atoms with Gasteiger partial charge < -0.3 is 15.0 Å². The van der Waals surface area contributed by atoms with Gasteiger partial charge in [-0.3, -0.25) is 9.59 Å². The maximum Gasteiger partial charge on any atom is 0.261 e. The Balaban J connectivity index is 1.76. The molecule has 1 aliphatic rings. The van der Waals surface area contributed by atoms with Crippen molar-refractivity contribution in [2.75, 3.05) is 6.61 Å². The molecule has 0 heterocycles.